The third-order valence-corrected chi connectivity index (χ3v) is 4.53. The SMILES string of the molecule is CC(C)(C)OC(=O)N1CC(F)(F)CC1(C)/C=N/[S+]([O-])C(C)(C)C. The second-order valence-electron chi connectivity index (χ2n) is 8.05. The van der Waals surface area contributed by atoms with E-state index in [-0.39, 0.29) is 0 Å². The van der Waals surface area contributed by atoms with E-state index in [1.807, 2.05) is 0 Å². The van der Waals surface area contributed by atoms with Gasteiger partial charge in [0, 0.05) is 6.42 Å². The van der Waals surface area contributed by atoms with Crippen molar-refractivity contribution in [2.45, 2.75) is 76.7 Å². The molecule has 0 radical (unpaired) electrons. The summed E-state index contributed by atoms with van der Waals surface area (Å²) in [5.74, 6) is -3.04. The van der Waals surface area contributed by atoms with Crippen LogP contribution in [0.15, 0.2) is 4.40 Å². The summed E-state index contributed by atoms with van der Waals surface area (Å²) in [7, 11) is 0. The summed E-state index contributed by atoms with van der Waals surface area (Å²) in [6, 6.07) is 0. The van der Waals surface area contributed by atoms with Crippen molar-refractivity contribution < 1.29 is 22.9 Å². The first-order chi connectivity index (χ1) is 10.1. The van der Waals surface area contributed by atoms with E-state index in [2.05, 4.69) is 4.40 Å². The first kappa shape index (κ1) is 20.2. The van der Waals surface area contributed by atoms with Gasteiger partial charge < -0.3 is 9.29 Å². The Morgan fingerprint density at radius 1 is 1.30 bits per heavy atom. The molecule has 0 N–H and O–H groups in total. The van der Waals surface area contributed by atoms with Gasteiger partial charge in [0.2, 0.25) is 0 Å². The topological polar surface area (TPSA) is 65.0 Å². The van der Waals surface area contributed by atoms with Crippen molar-refractivity contribution >= 4 is 23.7 Å². The minimum Gasteiger partial charge on any atom is -0.591 e. The van der Waals surface area contributed by atoms with Crippen molar-refractivity contribution in [1.29, 1.82) is 0 Å². The summed E-state index contributed by atoms with van der Waals surface area (Å²) in [5.41, 5.74) is -2.13. The van der Waals surface area contributed by atoms with Crippen LogP contribution in [0.5, 0.6) is 0 Å². The lowest BCUT2D eigenvalue weighted by atomic mass is 10.00. The molecule has 1 aliphatic rings. The first-order valence-corrected chi connectivity index (χ1v) is 8.52. The summed E-state index contributed by atoms with van der Waals surface area (Å²) in [5, 5.41) is 0. The van der Waals surface area contributed by atoms with Crippen LogP contribution in [0.1, 0.15) is 54.9 Å². The Kier molecular flexibility index (Phi) is 5.43. The fourth-order valence-corrected chi connectivity index (χ4v) is 2.75. The number of hydrogen-bond acceptors (Lipinski definition) is 4. The van der Waals surface area contributed by atoms with Crippen LogP contribution in [0.25, 0.3) is 0 Å². The smallest absolute Gasteiger partial charge is 0.411 e. The highest BCUT2D eigenvalue weighted by Gasteiger charge is 2.55. The van der Waals surface area contributed by atoms with Crippen molar-refractivity contribution in [3.63, 3.8) is 0 Å². The molecule has 1 amide bonds. The van der Waals surface area contributed by atoms with Crippen molar-refractivity contribution in [1.82, 2.24) is 4.90 Å². The second-order valence-corrected chi connectivity index (χ2v) is 9.99. The molecule has 2 atom stereocenters. The molecular formula is C15H26F2N2O3S. The highest BCUT2D eigenvalue weighted by Crippen LogP contribution is 2.39. The van der Waals surface area contributed by atoms with Crippen LogP contribution in [0, 0.1) is 0 Å². The standard InChI is InChI=1S/C15H26F2N2O3S/c1-12(2,3)22-11(20)19-10-15(16,17)8-14(19,7)9-18-23(21)13(4,5)6/h9H,8,10H2,1-7H3/b18-9+. The molecule has 134 valence electrons. The van der Waals surface area contributed by atoms with E-state index in [0.29, 0.717) is 0 Å². The lowest BCUT2D eigenvalue weighted by Gasteiger charge is -2.32. The molecule has 1 rings (SSSR count). The number of likely N-dealkylation sites (tertiary alicyclic amines) is 1. The predicted molar refractivity (Wildman–Crippen MR) is 87.3 cm³/mol. The average Bonchev–Trinajstić information content (AvgIpc) is 2.53. The molecule has 0 aromatic rings. The van der Waals surface area contributed by atoms with Gasteiger partial charge in [0.05, 0.1) is 18.3 Å². The van der Waals surface area contributed by atoms with Gasteiger partial charge in [0.1, 0.15) is 21.7 Å². The van der Waals surface area contributed by atoms with Gasteiger partial charge in [0.25, 0.3) is 5.92 Å². The molecule has 0 spiro atoms. The maximum absolute atomic E-state index is 13.9. The zero-order chi connectivity index (χ0) is 18.3. The third-order valence-electron chi connectivity index (χ3n) is 3.19. The normalized spacial score (nSPS) is 26.6. The van der Waals surface area contributed by atoms with Crippen LogP contribution in [-0.4, -0.2) is 50.1 Å². The van der Waals surface area contributed by atoms with Gasteiger partial charge >= 0.3 is 6.09 Å². The number of hydrogen-bond donors (Lipinski definition) is 0. The van der Waals surface area contributed by atoms with Gasteiger partial charge in [-0.1, -0.05) is 4.40 Å². The predicted octanol–water partition coefficient (Wildman–Crippen LogP) is 3.55. The monoisotopic (exact) mass is 352 g/mol. The van der Waals surface area contributed by atoms with Crippen LogP contribution in [0.3, 0.4) is 0 Å². The molecule has 1 fully saturated rings. The number of amides is 1. The highest BCUT2D eigenvalue weighted by molar-refractivity contribution is 7.91. The van der Waals surface area contributed by atoms with Crippen LogP contribution in [0.2, 0.25) is 0 Å². The molecular weight excluding hydrogens is 326 g/mol. The van der Waals surface area contributed by atoms with E-state index in [9.17, 15) is 18.1 Å². The quantitative estimate of drug-likeness (QED) is 0.564. The molecule has 1 saturated heterocycles. The number of halogens is 2. The molecule has 0 aromatic carbocycles. The number of carbonyl (C=O) groups is 1. The molecule has 0 saturated carbocycles. The van der Waals surface area contributed by atoms with E-state index in [4.69, 9.17) is 4.74 Å². The number of nitrogens with zero attached hydrogens (tertiary/aromatic N) is 2. The minimum absolute atomic E-state index is 0.579. The summed E-state index contributed by atoms with van der Waals surface area (Å²) in [4.78, 5) is 13.2. The Morgan fingerprint density at radius 2 is 1.83 bits per heavy atom. The van der Waals surface area contributed by atoms with Crippen LogP contribution in [0.4, 0.5) is 13.6 Å². The van der Waals surface area contributed by atoms with Gasteiger partial charge in [-0.25, -0.2) is 13.6 Å². The molecule has 0 aliphatic carbocycles. The van der Waals surface area contributed by atoms with E-state index >= 15 is 0 Å². The van der Waals surface area contributed by atoms with Gasteiger partial charge in [0.15, 0.2) is 0 Å². The van der Waals surface area contributed by atoms with Crippen molar-refractivity contribution in [2.75, 3.05) is 6.54 Å². The Hall–Kier alpha value is -0.890. The number of rotatable bonds is 2. The molecule has 23 heavy (non-hydrogen) atoms. The fraction of sp³-hybridized carbons (Fsp3) is 0.867. The van der Waals surface area contributed by atoms with Crippen molar-refractivity contribution in [3.8, 4) is 0 Å². The van der Waals surface area contributed by atoms with Gasteiger partial charge in [-0.3, -0.25) is 4.90 Å². The van der Waals surface area contributed by atoms with Gasteiger partial charge in [-0.15, -0.1) is 0 Å². The summed E-state index contributed by atoms with van der Waals surface area (Å²) in [6.07, 6.45) is -0.214. The summed E-state index contributed by atoms with van der Waals surface area (Å²) < 4.78 is 48.2. The maximum Gasteiger partial charge on any atom is 0.411 e. The van der Waals surface area contributed by atoms with E-state index in [1.165, 1.54) is 13.1 Å². The molecule has 0 bridgehead atoms. The zero-order valence-electron chi connectivity index (χ0n) is 14.8. The average molecular weight is 352 g/mol. The lowest BCUT2D eigenvalue weighted by Crippen LogP contribution is -2.48. The van der Waals surface area contributed by atoms with Crippen molar-refractivity contribution in [2.24, 2.45) is 4.40 Å². The van der Waals surface area contributed by atoms with Crippen LogP contribution in [-0.2, 0) is 16.1 Å². The lowest BCUT2D eigenvalue weighted by molar-refractivity contribution is -0.00273. The minimum atomic E-state index is -3.04. The molecule has 5 nitrogen and oxygen atoms in total. The largest absolute Gasteiger partial charge is 0.591 e. The fourth-order valence-electron chi connectivity index (χ4n) is 2.11. The number of carbonyl (C=O) groups excluding carboxylic acids is 1. The maximum atomic E-state index is 13.9. The zero-order valence-corrected chi connectivity index (χ0v) is 15.6. The highest BCUT2D eigenvalue weighted by atomic mass is 32.2. The van der Waals surface area contributed by atoms with Gasteiger partial charge in [-0.05, 0) is 48.5 Å². The Bertz CT molecular complexity index is 486. The van der Waals surface area contributed by atoms with Crippen LogP contribution >= 0.6 is 0 Å². The van der Waals surface area contributed by atoms with E-state index < -0.39 is 52.2 Å². The summed E-state index contributed by atoms with van der Waals surface area (Å²) in [6.45, 7) is 10.9. The molecule has 2 unspecified atom stereocenters. The van der Waals surface area contributed by atoms with Crippen molar-refractivity contribution in [3.05, 3.63) is 0 Å². The van der Waals surface area contributed by atoms with Gasteiger partial charge in [-0.2, -0.15) is 0 Å². The first-order valence-electron chi connectivity index (χ1n) is 7.41. The number of ether oxygens (including phenoxy) is 1. The third kappa shape index (κ3) is 5.60. The number of alkyl halides is 2. The van der Waals surface area contributed by atoms with E-state index in [0.717, 1.165) is 4.90 Å². The Labute approximate surface area is 139 Å². The second kappa shape index (κ2) is 6.20. The van der Waals surface area contributed by atoms with Crippen LogP contribution < -0.4 is 0 Å². The molecule has 0 aromatic heterocycles. The van der Waals surface area contributed by atoms with E-state index in [1.54, 1.807) is 41.5 Å². The molecule has 1 heterocycles. The molecule has 8 heteroatoms. The molecule has 1 aliphatic heterocycles. The Morgan fingerprint density at radius 3 is 2.26 bits per heavy atom. The summed E-state index contributed by atoms with van der Waals surface area (Å²) >= 11 is -1.59. The Balaban J connectivity index is 3.04.